The summed E-state index contributed by atoms with van der Waals surface area (Å²) in [5, 5.41) is 9.97. The van der Waals surface area contributed by atoms with Gasteiger partial charge in [0.15, 0.2) is 0 Å². The van der Waals surface area contributed by atoms with Crippen LogP contribution < -0.4 is 11.1 Å². The Morgan fingerprint density at radius 3 is 2.10 bits per heavy atom. The highest BCUT2D eigenvalue weighted by molar-refractivity contribution is 5.96. The van der Waals surface area contributed by atoms with Gasteiger partial charge in [-0.15, -0.1) is 0 Å². The topological polar surface area (TPSA) is 79.0 Å². The van der Waals surface area contributed by atoms with Gasteiger partial charge in [0.25, 0.3) is 0 Å². The van der Waals surface area contributed by atoms with E-state index in [0.717, 1.165) is 25.7 Å². The van der Waals surface area contributed by atoms with Gasteiger partial charge < -0.3 is 11.1 Å². The standard InChI is InChI=1S/C25H40FN3O/c1-2-3-4-5-6-7-8-9-10-11-12-13-14-15-16-17-24(30)29-21-18-19-22(25(27)28)23(26)20-21/h9-10,18-20H,2-8,11-17H2,1H3,(H3,27,28)(H,29,30)/b10-9-. The summed E-state index contributed by atoms with van der Waals surface area (Å²) in [6.45, 7) is 2.25. The van der Waals surface area contributed by atoms with Gasteiger partial charge in [0.05, 0.1) is 5.56 Å². The summed E-state index contributed by atoms with van der Waals surface area (Å²) in [5.74, 6) is -1.03. The van der Waals surface area contributed by atoms with Crippen molar-refractivity contribution in [2.45, 2.75) is 96.8 Å². The van der Waals surface area contributed by atoms with Crippen LogP contribution in [0.5, 0.6) is 0 Å². The maximum atomic E-state index is 13.8. The van der Waals surface area contributed by atoms with Crippen molar-refractivity contribution in [2.24, 2.45) is 5.73 Å². The lowest BCUT2D eigenvalue weighted by atomic mass is 10.1. The van der Waals surface area contributed by atoms with E-state index in [-0.39, 0.29) is 17.3 Å². The summed E-state index contributed by atoms with van der Waals surface area (Å²) in [7, 11) is 0. The third kappa shape index (κ3) is 12.4. The van der Waals surface area contributed by atoms with Crippen molar-refractivity contribution in [3.8, 4) is 0 Å². The quantitative estimate of drug-likeness (QED) is 0.109. The number of amidine groups is 1. The SMILES string of the molecule is CCCCCCCC/C=C\CCCCCCCC(=O)Nc1ccc(C(=N)N)c(F)c1. The van der Waals surface area contributed by atoms with Crippen molar-refractivity contribution in [3.05, 3.63) is 41.7 Å². The summed E-state index contributed by atoms with van der Waals surface area (Å²) in [5.41, 5.74) is 5.73. The molecular weight excluding hydrogens is 377 g/mol. The van der Waals surface area contributed by atoms with Gasteiger partial charge in [-0.05, 0) is 50.3 Å². The summed E-state index contributed by atoms with van der Waals surface area (Å²) in [4.78, 5) is 12.0. The molecule has 0 fully saturated rings. The van der Waals surface area contributed by atoms with Crippen molar-refractivity contribution in [2.75, 3.05) is 5.32 Å². The normalized spacial score (nSPS) is 11.1. The Balaban J connectivity index is 1.99. The van der Waals surface area contributed by atoms with Gasteiger partial charge >= 0.3 is 0 Å². The largest absolute Gasteiger partial charge is 0.384 e. The second-order valence-electron chi connectivity index (χ2n) is 7.99. The van der Waals surface area contributed by atoms with Crippen LogP contribution in [-0.2, 0) is 4.79 Å². The molecule has 0 aliphatic heterocycles. The highest BCUT2D eigenvalue weighted by Crippen LogP contribution is 2.15. The molecule has 0 saturated heterocycles. The molecule has 0 aliphatic carbocycles. The van der Waals surface area contributed by atoms with Crippen LogP contribution in [0, 0.1) is 11.2 Å². The highest BCUT2D eigenvalue weighted by atomic mass is 19.1. The van der Waals surface area contributed by atoms with E-state index in [1.165, 1.54) is 69.9 Å². The van der Waals surface area contributed by atoms with Crippen molar-refractivity contribution < 1.29 is 9.18 Å². The first kappa shape index (κ1) is 25.9. The molecule has 30 heavy (non-hydrogen) atoms. The zero-order chi connectivity index (χ0) is 22.0. The number of hydrogen-bond acceptors (Lipinski definition) is 2. The van der Waals surface area contributed by atoms with Gasteiger partial charge in [-0.25, -0.2) is 4.39 Å². The zero-order valence-electron chi connectivity index (χ0n) is 18.6. The Labute approximate surface area is 182 Å². The molecule has 1 amide bonds. The van der Waals surface area contributed by atoms with Crippen LogP contribution in [0.2, 0.25) is 0 Å². The molecule has 0 unspecified atom stereocenters. The maximum Gasteiger partial charge on any atom is 0.224 e. The molecule has 0 spiro atoms. The van der Waals surface area contributed by atoms with Crippen LogP contribution in [0.1, 0.15) is 102 Å². The number of rotatable bonds is 17. The molecule has 0 atom stereocenters. The Hall–Kier alpha value is -2.17. The molecule has 0 radical (unpaired) electrons. The molecule has 1 aromatic rings. The van der Waals surface area contributed by atoms with Crippen molar-refractivity contribution in [1.82, 2.24) is 0 Å². The van der Waals surface area contributed by atoms with Crippen LogP contribution in [0.3, 0.4) is 0 Å². The summed E-state index contributed by atoms with van der Waals surface area (Å²) < 4.78 is 13.8. The van der Waals surface area contributed by atoms with Gasteiger partial charge in [-0.2, -0.15) is 0 Å². The van der Waals surface area contributed by atoms with Crippen LogP contribution in [0.4, 0.5) is 10.1 Å². The first-order valence-corrected chi connectivity index (χ1v) is 11.6. The summed E-state index contributed by atoms with van der Waals surface area (Å²) >= 11 is 0. The number of carbonyl (C=O) groups is 1. The number of carbonyl (C=O) groups excluding carboxylic acids is 1. The number of benzene rings is 1. The van der Waals surface area contributed by atoms with E-state index in [4.69, 9.17) is 11.1 Å². The first-order valence-electron chi connectivity index (χ1n) is 11.6. The fourth-order valence-corrected chi connectivity index (χ4v) is 3.39. The zero-order valence-corrected chi connectivity index (χ0v) is 18.6. The second kappa shape index (κ2) is 16.6. The van der Waals surface area contributed by atoms with Crippen LogP contribution in [0.25, 0.3) is 0 Å². The summed E-state index contributed by atoms with van der Waals surface area (Å²) in [6.07, 6.45) is 21.0. The van der Waals surface area contributed by atoms with E-state index in [0.29, 0.717) is 12.1 Å². The smallest absolute Gasteiger partial charge is 0.224 e. The predicted molar refractivity (Wildman–Crippen MR) is 125 cm³/mol. The Bertz CT molecular complexity index is 658. The molecule has 4 nitrogen and oxygen atoms in total. The number of halogens is 1. The molecule has 0 bridgehead atoms. The first-order chi connectivity index (χ1) is 14.5. The molecule has 0 heterocycles. The predicted octanol–water partition coefficient (Wildman–Crippen LogP) is 7.09. The molecule has 0 saturated carbocycles. The van der Waals surface area contributed by atoms with E-state index in [1.54, 1.807) is 6.07 Å². The molecular formula is C25H40FN3O. The van der Waals surface area contributed by atoms with Crippen LogP contribution >= 0.6 is 0 Å². The Kier molecular flexibility index (Phi) is 14.3. The van der Waals surface area contributed by atoms with Crippen molar-refractivity contribution in [3.63, 3.8) is 0 Å². The van der Waals surface area contributed by atoms with Gasteiger partial charge in [0.1, 0.15) is 11.7 Å². The van der Waals surface area contributed by atoms with Gasteiger partial charge in [-0.1, -0.05) is 70.4 Å². The number of anilines is 1. The van der Waals surface area contributed by atoms with E-state index >= 15 is 0 Å². The minimum atomic E-state index is -0.596. The number of nitrogens with two attached hydrogens (primary N) is 1. The number of unbranched alkanes of at least 4 members (excludes halogenated alkanes) is 11. The average Bonchev–Trinajstić information content (AvgIpc) is 2.70. The number of allylic oxidation sites excluding steroid dienone is 2. The Morgan fingerprint density at radius 1 is 0.967 bits per heavy atom. The second-order valence-corrected chi connectivity index (χ2v) is 7.99. The van der Waals surface area contributed by atoms with Crippen molar-refractivity contribution >= 4 is 17.4 Å². The van der Waals surface area contributed by atoms with E-state index in [1.807, 2.05) is 0 Å². The number of nitrogen functional groups attached to an aromatic ring is 1. The fraction of sp³-hybridized carbons (Fsp3) is 0.600. The fourth-order valence-electron chi connectivity index (χ4n) is 3.39. The van der Waals surface area contributed by atoms with E-state index < -0.39 is 5.82 Å². The molecule has 4 N–H and O–H groups in total. The lowest BCUT2D eigenvalue weighted by Crippen LogP contribution is -2.15. The Morgan fingerprint density at radius 2 is 1.53 bits per heavy atom. The van der Waals surface area contributed by atoms with E-state index in [9.17, 15) is 9.18 Å². The third-order valence-corrected chi connectivity index (χ3v) is 5.21. The van der Waals surface area contributed by atoms with Crippen LogP contribution in [-0.4, -0.2) is 11.7 Å². The third-order valence-electron chi connectivity index (χ3n) is 5.21. The summed E-state index contributed by atoms with van der Waals surface area (Å²) in [6, 6.07) is 4.18. The molecule has 5 heteroatoms. The maximum absolute atomic E-state index is 13.8. The molecule has 168 valence electrons. The van der Waals surface area contributed by atoms with Crippen molar-refractivity contribution in [1.29, 1.82) is 5.41 Å². The molecule has 0 aliphatic rings. The van der Waals surface area contributed by atoms with Crippen LogP contribution in [0.15, 0.2) is 30.4 Å². The van der Waals surface area contributed by atoms with E-state index in [2.05, 4.69) is 24.4 Å². The molecule has 1 aromatic carbocycles. The minimum Gasteiger partial charge on any atom is -0.384 e. The monoisotopic (exact) mass is 417 g/mol. The number of nitrogens with one attached hydrogen (secondary N) is 2. The van der Waals surface area contributed by atoms with Gasteiger partial charge in [-0.3, -0.25) is 10.2 Å². The molecule has 0 aromatic heterocycles. The molecule has 1 rings (SSSR count). The number of hydrogen-bond donors (Lipinski definition) is 3. The highest BCUT2D eigenvalue weighted by Gasteiger charge is 2.08. The lowest BCUT2D eigenvalue weighted by molar-refractivity contribution is -0.116. The lowest BCUT2D eigenvalue weighted by Gasteiger charge is -2.07. The average molecular weight is 418 g/mol. The number of amides is 1. The minimum absolute atomic E-state index is 0.0465. The van der Waals surface area contributed by atoms with Gasteiger partial charge in [0.2, 0.25) is 5.91 Å². The van der Waals surface area contributed by atoms with Gasteiger partial charge in [0, 0.05) is 12.1 Å².